The van der Waals surface area contributed by atoms with E-state index in [1.54, 1.807) is 6.33 Å². The predicted octanol–water partition coefficient (Wildman–Crippen LogP) is 5.92. The molecule has 2 atom stereocenters. The van der Waals surface area contributed by atoms with Gasteiger partial charge in [-0.2, -0.15) is 0 Å². The van der Waals surface area contributed by atoms with E-state index >= 15 is 0 Å². The Kier molecular flexibility index (Phi) is 11.7. The lowest BCUT2D eigenvalue weighted by atomic mass is 10.0. The second-order valence-corrected chi connectivity index (χ2v) is 9.56. The van der Waals surface area contributed by atoms with Crippen LogP contribution in [0.2, 0.25) is 0 Å². The summed E-state index contributed by atoms with van der Waals surface area (Å²) in [6.45, 7) is 2.28. The Morgan fingerprint density at radius 2 is 1.62 bits per heavy atom. The van der Waals surface area contributed by atoms with Gasteiger partial charge in [0.25, 0.3) is 0 Å². The molecule has 0 saturated carbocycles. The predicted molar refractivity (Wildman–Crippen MR) is 134 cm³/mol. The van der Waals surface area contributed by atoms with Crippen LogP contribution in [0.3, 0.4) is 0 Å². The number of anilines is 1. The first-order valence-electron chi connectivity index (χ1n) is 13.5. The van der Waals surface area contributed by atoms with Gasteiger partial charge in [-0.3, -0.25) is 9.36 Å². The molecule has 34 heavy (non-hydrogen) atoms. The van der Waals surface area contributed by atoms with Crippen LogP contribution >= 0.6 is 0 Å². The average Bonchev–Trinajstić information content (AvgIpc) is 3.49. The van der Waals surface area contributed by atoms with E-state index in [2.05, 4.69) is 27.2 Å². The number of hydrogen-bond donors (Lipinski definition) is 2. The number of imidazole rings is 1. The Morgan fingerprint density at radius 3 is 2.24 bits per heavy atom. The molecular weight excluding hydrogens is 430 g/mol. The summed E-state index contributed by atoms with van der Waals surface area (Å²) in [6.07, 6.45) is 21.6. The third kappa shape index (κ3) is 8.31. The van der Waals surface area contributed by atoms with Crippen LogP contribution in [0.25, 0.3) is 11.2 Å². The Bertz CT molecular complexity index is 856. The molecule has 8 heteroatoms. The van der Waals surface area contributed by atoms with Crippen molar-refractivity contribution in [3.63, 3.8) is 0 Å². The smallest absolute Gasteiger partial charge is 0.225 e. The molecule has 1 saturated heterocycles. The highest BCUT2D eigenvalue weighted by Crippen LogP contribution is 2.31. The monoisotopic (exact) mass is 473 g/mol. The molecule has 190 valence electrons. The minimum atomic E-state index is -0.202. The summed E-state index contributed by atoms with van der Waals surface area (Å²) in [5, 5.41) is 12.2. The van der Waals surface area contributed by atoms with E-state index < -0.39 is 0 Å². The molecule has 0 unspecified atom stereocenters. The maximum Gasteiger partial charge on any atom is 0.225 e. The van der Waals surface area contributed by atoms with Crippen LogP contribution in [0.15, 0.2) is 12.7 Å². The third-order valence-electron chi connectivity index (χ3n) is 6.72. The molecule has 1 aliphatic rings. The first-order chi connectivity index (χ1) is 16.7. The number of carbonyl (C=O) groups excluding carboxylic acids is 1. The zero-order chi connectivity index (χ0) is 24.0. The van der Waals surface area contributed by atoms with Crippen molar-refractivity contribution in [3.05, 3.63) is 12.7 Å². The maximum absolute atomic E-state index is 12.4. The van der Waals surface area contributed by atoms with Gasteiger partial charge in [0.05, 0.1) is 19.0 Å². The molecule has 1 fully saturated rings. The van der Waals surface area contributed by atoms with E-state index in [1.165, 1.54) is 77.0 Å². The number of aliphatic hydroxyl groups is 1. The van der Waals surface area contributed by atoms with Crippen LogP contribution in [0.1, 0.15) is 116 Å². The molecule has 2 aromatic heterocycles. The van der Waals surface area contributed by atoms with Gasteiger partial charge in [0.1, 0.15) is 12.6 Å². The summed E-state index contributed by atoms with van der Waals surface area (Å²) in [6, 6.07) is 0. The Morgan fingerprint density at radius 1 is 0.971 bits per heavy atom. The number of nitrogens with one attached hydrogen (secondary N) is 1. The molecule has 2 N–H and O–H groups in total. The van der Waals surface area contributed by atoms with E-state index in [4.69, 9.17) is 4.74 Å². The van der Waals surface area contributed by atoms with Crippen molar-refractivity contribution in [2.24, 2.45) is 0 Å². The van der Waals surface area contributed by atoms with Gasteiger partial charge < -0.3 is 15.2 Å². The van der Waals surface area contributed by atoms with E-state index in [1.807, 2.05) is 4.57 Å². The SMILES string of the molecule is CCCCCCCCCCCCCCCC(=O)Nc1ncnc2c1ncn2[C@H]1CC[C@@H](CO)O1. The average molecular weight is 474 g/mol. The van der Waals surface area contributed by atoms with E-state index in [-0.39, 0.29) is 24.8 Å². The summed E-state index contributed by atoms with van der Waals surface area (Å²) in [4.78, 5) is 25.4. The zero-order valence-electron chi connectivity index (χ0n) is 20.9. The number of amides is 1. The number of ether oxygens (including phenoxy) is 1. The molecule has 3 heterocycles. The topological polar surface area (TPSA) is 102 Å². The van der Waals surface area contributed by atoms with Gasteiger partial charge in [-0.1, -0.05) is 84.0 Å². The normalized spacial score (nSPS) is 18.1. The fourth-order valence-electron chi connectivity index (χ4n) is 4.68. The fraction of sp³-hybridized carbons (Fsp3) is 0.769. The van der Waals surface area contributed by atoms with E-state index in [0.717, 1.165) is 25.7 Å². The number of aromatic nitrogens is 4. The van der Waals surface area contributed by atoms with Gasteiger partial charge in [-0.15, -0.1) is 0 Å². The summed E-state index contributed by atoms with van der Waals surface area (Å²) in [5.74, 6) is 0.412. The van der Waals surface area contributed by atoms with E-state index in [9.17, 15) is 9.90 Å². The largest absolute Gasteiger partial charge is 0.394 e. The Hall–Kier alpha value is -2.06. The van der Waals surface area contributed by atoms with Crippen molar-refractivity contribution >= 4 is 22.9 Å². The lowest BCUT2D eigenvalue weighted by Crippen LogP contribution is -2.15. The highest BCUT2D eigenvalue weighted by Gasteiger charge is 2.28. The van der Waals surface area contributed by atoms with Crippen LogP contribution in [0.5, 0.6) is 0 Å². The van der Waals surface area contributed by atoms with Crippen molar-refractivity contribution in [3.8, 4) is 0 Å². The lowest BCUT2D eigenvalue weighted by Gasteiger charge is -2.13. The summed E-state index contributed by atoms with van der Waals surface area (Å²) < 4.78 is 7.70. The maximum atomic E-state index is 12.4. The third-order valence-corrected chi connectivity index (χ3v) is 6.72. The number of aliphatic hydroxyl groups excluding tert-OH is 1. The Labute approximate surface area is 203 Å². The van der Waals surface area contributed by atoms with Crippen molar-refractivity contribution < 1.29 is 14.6 Å². The lowest BCUT2D eigenvalue weighted by molar-refractivity contribution is -0.116. The van der Waals surface area contributed by atoms with Crippen LogP contribution in [-0.4, -0.2) is 43.2 Å². The number of unbranched alkanes of at least 4 members (excludes halogenated alkanes) is 12. The zero-order valence-corrected chi connectivity index (χ0v) is 20.9. The molecule has 0 aliphatic carbocycles. The summed E-state index contributed by atoms with van der Waals surface area (Å²) >= 11 is 0. The molecule has 0 aromatic carbocycles. The Balaban J connectivity index is 1.29. The molecule has 8 nitrogen and oxygen atoms in total. The van der Waals surface area contributed by atoms with Gasteiger partial charge in [-0.05, 0) is 19.3 Å². The van der Waals surface area contributed by atoms with E-state index in [0.29, 0.717) is 23.4 Å². The second-order valence-electron chi connectivity index (χ2n) is 9.56. The van der Waals surface area contributed by atoms with Gasteiger partial charge in [0.2, 0.25) is 5.91 Å². The summed E-state index contributed by atoms with van der Waals surface area (Å²) in [5.41, 5.74) is 1.20. The minimum absolute atomic E-state index is 0.0125. The van der Waals surface area contributed by atoms with Crippen molar-refractivity contribution in [2.45, 2.75) is 122 Å². The van der Waals surface area contributed by atoms with Gasteiger partial charge in [0, 0.05) is 6.42 Å². The quantitative estimate of drug-likeness (QED) is 0.277. The van der Waals surface area contributed by atoms with Gasteiger partial charge >= 0.3 is 0 Å². The van der Waals surface area contributed by atoms with Crippen LogP contribution in [0.4, 0.5) is 5.82 Å². The highest BCUT2D eigenvalue weighted by atomic mass is 16.5. The standard InChI is InChI=1S/C26H43N5O3/c1-2-3-4-5-6-7-8-9-10-11-12-13-14-15-22(33)30-25-24-26(28-19-27-25)31(20-29-24)23-17-16-21(18-32)34-23/h19-21,23,32H,2-18H2,1H3,(H,27,28,30,33)/t21-,23+/m0/s1. The van der Waals surface area contributed by atoms with Crippen LogP contribution in [-0.2, 0) is 9.53 Å². The van der Waals surface area contributed by atoms with Crippen molar-refractivity contribution in [1.29, 1.82) is 0 Å². The van der Waals surface area contributed by atoms with Crippen LogP contribution in [0, 0.1) is 0 Å². The number of rotatable bonds is 17. The molecule has 1 aliphatic heterocycles. The first-order valence-corrected chi connectivity index (χ1v) is 13.5. The minimum Gasteiger partial charge on any atom is -0.394 e. The molecule has 3 rings (SSSR count). The first kappa shape index (κ1) is 26.5. The molecule has 0 radical (unpaired) electrons. The van der Waals surface area contributed by atoms with Gasteiger partial charge in [0.15, 0.2) is 17.0 Å². The van der Waals surface area contributed by atoms with Crippen LogP contribution < -0.4 is 5.32 Å². The van der Waals surface area contributed by atoms with Crippen molar-refractivity contribution in [2.75, 3.05) is 11.9 Å². The molecule has 1 amide bonds. The number of carbonyl (C=O) groups is 1. The number of hydrogen-bond acceptors (Lipinski definition) is 6. The highest BCUT2D eigenvalue weighted by molar-refractivity contribution is 5.96. The molecular formula is C26H43N5O3. The fourth-order valence-corrected chi connectivity index (χ4v) is 4.68. The number of fused-ring (bicyclic) bond motifs is 1. The number of nitrogens with zero attached hydrogens (tertiary/aromatic N) is 4. The van der Waals surface area contributed by atoms with Gasteiger partial charge in [-0.25, -0.2) is 15.0 Å². The molecule has 2 aromatic rings. The van der Waals surface area contributed by atoms with Crippen molar-refractivity contribution in [1.82, 2.24) is 19.5 Å². The molecule has 0 spiro atoms. The molecule has 0 bridgehead atoms. The summed E-state index contributed by atoms with van der Waals surface area (Å²) in [7, 11) is 0. The second kappa shape index (κ2) is 15.0.